The standard InChI is InChI=1S/C51H35BN2/c1-32-22-25-34(26-23-32)53-47-29-24-33(2)30-45(47)52-44-18-9-10-19-46(44)54(49-21-11-20-48(53)50(49)52)35-27-28-43-39(31-35)38-14-5-8-17-42(38)51(43)40-15-6-3-12-36(40)37-13-4-7-16-41(37)51/h3-31H,1-2H3. The van der Waals surface area contributed by atoms with Crippen LogP contribution in [0.25, 0.3) is 22.3 Å². The Morgan fingerprint density at radius 1 is 0.370 bits per heavy atom. The first-order chi connectivity index (χ1) is 26.6. The Bertz CT molecular complexity index is 2840. The van der Waals surface area contributed by atoms with Gasteiger partial charge in [0.2, 0.25) is 0 Å². The van der Waals surface area contributed by atoms with Crippen LogP contribution in [0.5, 0.6) is 0 Å². The third-order valence-corrected chi connectivity index (χ3v) is 12.6. The minimum absolute atomic E-state index is 0.116. The largest absolute Gasteiger partial charge is 0.311 e. The molecule has 0 atom stereocenters. The lowest BCUT2D eigenvalue weighted by Crippen LogP contribution is -2.61. The fourth-order valence-corrected chi connectivity index (χ4v) is 10.5. The predicted octanol–water partition coefficient (Wildman–Crippen LogP) is 10.7. The molecule has 2 nitrogen and oxygen atoms in total. The second kappa shape index (κ2) is 10.7. The molecular weight excluding hydrogens is 651 g/mol. The third kappa shape index (κ3) is 3.71. The van der Waals surface area contributed by atoms with Gasteiger partial charge in [-0.25, -0.2) is 0 Å². The molecule has 8 aromatic carbocycles. The van der Waals surface area contributed by atoms with E-state index in [4.69, 9.17) is 0 Å². The highest BCUT2D eigenvalue weighted by Gasteiger charge is 2.52. The van der Waals surface area contributed by atoms with Crippen molar-refractivity contribution in [1.29, 1.82) is 0 Å². The maximum atomic E-state index is 2.53. The summed E-state index contributed by atoms with van der Waals surface area (Å²) in [5.41, 5.74) is 24.3. The van der Waals surface area contributed by atoms with E-state index in [1.54, 1.807) is 0 Å². The number of benzene rings is 8. The molecule has 252 valence electrons. The number of fused-ring (bicyclic) bond motifs is 14. The highest BCUT2D eigenvalue weighted by Crippen LogP contribution is 2.63. The summed E-state index contributed by atoms with van der Waals surface area (Å²) >= 11 is 0. The van der Waals surface area contributed by atoms with Crippen molar-refractivity contribution in [2.45, 2.75) is 19.3 Å². The highest BCUT2D eigenvalue weighted by molar-refractivity contribution is 7.00. The molecule has 8 aromatic rings. The maximum Gasteiger partial charge on any atom is 0.252 e. The lowest BCUT2D eigenvalue weighted by Gasteiger charge is -2.44. The van der Waals surface area contributed by atoms with E-state index in [0.717, 1.165) is 0 Å². The average Bonchev–Trinajstić information content (AvgIpc) is 3.68. The number of rotatable bonds is 2. The number of aryl methyl sites for hydroxylation is 2. The van der Waals surface area contributed by atoms with Gasteiger partial charge in [0.15, 0.2) is 0 Å². The Balaban J connectivity index is 1.11. The summed E-state index contributed by atoms with van der Waals surface area (Å²) in [7, 11) is 0. The lowest BCUT2D eigenvalue weighted by atomic mass is 9.33. The Morgan fingerprint density at radius 2 is 0.870 bits per heavy atom. The molecule has 0 saturated carbocycles. The average molecular weight is 687 g/mol. The molecule has 1 spiro atoms. The first-order valence-electron chi connectivity index (χ1n) is 19.1. The number of hydrogen-bond donors (Lipinski definition) is 0. The van der Waals surface area contributed by atoms with Crippen LogP contribution in [-0.2, 0) is 5.41 Å². The van der Waals surface area contributed by atoms with Crippen molar-refractivity contribution in [3.05, 3.63) is 209 Å². The molecule has 4 aliphatic rings. The van der Waals surface area contributed by atoms with Crippen molar-refractivity contribution >= 4 is 57.2 Å². The van der Waals surface area contributed by atoms with Crippen LogP contribution in [0.2, 0.25) is 0 Å². The van der Waals surface area contributed by atoms with E-state index in [2.05, 4.69) is 200 Å². The highest BCUT2D eigenvalue weighted by atomic mass is 15.2. The van der Waals surface area contributed by atoms with Crippen LogP contribution in [0.3, 0.4) is 0 Å². The Hall–Kier alpha value is -6.58. The quantitative estimate of drug-likeness (QED) is 0.167. The van der Waals surface area contributed by atoms with E-state index >= 15 is 0 Å². The van der Waals surface area contributed by atoms with Gasteiger partial charge in [0.05, 0.1) is 5.41 Å². The Labute approximate surface area is 316 Å². The molecule has 0 amide bonds. The van der Waals surface area contributed by atoms with E-state index in [1.807, 2.05) is 0 Å². The van der Waals surface area contributed by atoms with Crippen LogP contribution in [0.15, 0.2) is 176 Å². The zero-order valence-electron chi connectivity index (χ0n) is 30.2. The van der Waals surface area contributed by atoms with Gasteiger partial charge in [0.25, 0.3) is 6.71 Å². The van der Waals surface area contributed by atoms with Crippen LogP contribution < -0.4 is 26.2 Å². The van der Waals surface area contributed by atoms with E-state index in [-0.39, 0.29) is 12.1 Å². The van der Waals surface area contributed by atoms with Crippen molar-refractivity contribution < 1.29 is 0 Å². The molecule has 0 aromatic heterocycles. The second-order valence-electron chi connectivity index (χ2n) is 15.4. The van der Waals surface area contributed by atoms with E-state index in [9.17, 15) is 0 Å². The first-order valence-corrected chi connectivity index (χ1v) is 19.1. The van der Waals surface area contributed by atoms with E-state index in [0.29, 0.717) is 0 Å². The molecule has 0 unspecified atom stereocenters. The molecule has 3 heteroatoms. The summed E-state index contributed by atoms with van der Waals surface area (Å²) in [6, 6.07) is 66.4. The van der Waals surface area contributed by atoms with Gasteiger partial charge in [-0.3, -0.25) is 0 Å². The Kier molecular flexibility index (Phi) is 5.96. The van der Waals surface area contributed by atoms with Gasteiger partial charge in [0, 0.05) is 34.1 Å². The van der Waals surface area contributed by atoms with Crippen LogP contribution in [-0.4, -0.2) is 6.71 Å². The van der Waals surface area contributed by atoms with Crippen LogP contribution >= 0.6 is 0 Å². The molecule has 0 saturated heterocycles. The predicted molar refractivity (Wildman–Crippen MR) is 226 cm³/mol. The summed E-state index contributed by atoms with van der Waals surface area (Å²) in [4.78, 5) is 5.01. The molecule has 0 N–H and O–H groups in total. The number of hydrogen-bond acceptors (Lipinski definition) is 2. The number of para-hydroxylation sites is 1. The lowest BCUT2D eigenvalue weighted by molar-refractivity contribution is 0.794. The van der Waals surface area contributed by atoms with E-state index < -0.39 is 0 Å². The summed E-state index contributed by atoms with van der Waals surface area (Å²) in [5.74, 6) is 0. The first kappa shape index (κ1) is 29.9. The molecule has 2 aliphatic carbocycles. The minimum atomic E-state index is -0.357. The van der Waals surface area contributed by atoms with Crippen molar-refractivity contribution in [2.24, 2.45) is 0 Å². The van der Waals surface area contributed by atoms with Crippen molar-refractivity contribution in [2.75, 3.05) is 9.80 Å². The van der Waals surface area contributed by atoms with Crippen molar-refractivity contribution in [1.82, 2.24) is 0 Å². The zero-order chi connectivity index (χ0) is 35.7. The van der Waals surface area contributed by atoms with Crippen molar-refractivity contribution in [3.8, 4) is 22.3 Å². The molecule has 0 fully saturated rings. The fourth-order valence-electron chi connectivity index (χ4n) is 10.5. The molecule has 0 bridgehead atoms. The smallest absolute Gasteiger partial charge is 0.252 e. The Morgan fingerprint density at radius 3 is 1.56 bits per heavy atom. The maximum absolute atomic E-state index is 2.53. The molecule has 12 rings (SSSR count). The second-order valence-corrected chi connectivity index (χ2v) is 15.4. The summed E-state index contributed by atoms with van der Waals surface area (Å²) < 4.78 is 0. The van der Waals surface area contributed by atoms with Gasteiger partial charge >= 0.3 is 0 Å². The summed E-state index contributed by atoms with van der Waals surface area (Å²) in [5, 5.41) is 0. The van der Waals surface area contributed by atoms with Gasteiger partial charge < -0.3 is 9.80 Å². The molecule has 54 heavy (non-hydrogen) atoms. The molecule has 2 aliphatic heterocycles. The molecular formula is C51H35BN2. The summed E-state index contributed by atoms with van der Waals surface area (Å²) in [6.07, 6.45) is 0. The SMILES string of the molecule is Cc1ccc(N2c3ccc(C)cc3B3c4ccccc4N(c4ccc5c(c4)-c4ccccc4C54c5ccccc5-c5ccccc54)c4cccc2c43)cc1. The van der Waals surface area contributed by atoms with Gasteiger partial charge in [-0.15, -0.1) is 0 Å². The summed E-state index contributed by atoms with van der Waals surface area (Å²) in [6.45, 7) is 4.49. The van der Waals surface area contributed by atoms with Gasteiger partial charge in [-0.05, 0) is 123 Å². The van der Waals surface area contributed by atoms with Gasteiger partial charge in [0.1, 0.15) is 0 Å². The number of anilines is 6. The number of nitrogens with zero attached hydrogens (tertiary/aromatic N) is 2. The van der Waals surface area contributed by atoms with Crippen LogP contribution in [0.4, 0.5) is 34.1 Å². The molecule has 2 heterocycles. The van der Waals surface area contributed by atoms with Gasteiger partial charge in [-0.1, -0.05) is 139 Å². The van der Waals surface area contributed by atoms with Crippen molar-refractivity contribution in [3.63, 3.8) is 0 Å². The third-order valence-electron chi connectivity index (χ3n) is 12.6. The van der Waals surface area contributed by atoms with Crippen LogP contribution in [0.1, 0.15) is 33.4 Å². The fraction of sp³-hybridized carbons (Fsp3) is 0.0588. The van der Waals surface area contributed by atoms with Gasteiger partial charge in [-0.2, -0.15) is 0 Å². The normalized spacial score (nSPS) is 14.5. The monoisotopic (exact) mass is 686 g/mol. The van der Waals surface area contributed by atoms with E-state index in [1.165, 1.54) is 106 Å². The topological polar surface area (TPSA) is 6.48 Å². The minimum Gasteiger partial charge on any atom is -0.311 e. The molecule has 0 radical (unpaired) electrons. The zero-order valence-corrected chi connectivity index (χ0v) is 30.2. The van der Waals surface area contributed by atoms with Crippen LogP contribution in [0, 0.1) is 13.8 Å².